The summed E-state index contributed by atoms with van der Waals surface area (Å²) < 4.78 is 15.8. The van der Waals surface area contributed by atoms with Crippen LogP contribution in [0.3, 0.4) is 0 Å². The molecule has 0 aliphatic rings. The average molecular weight is 439 g/mol. The van der Waals surface area contributed by atoms with Gasteiger partial charge in [0.15, 0.2) is 0 Å². The minimum Gasteiger partial charge on any atom is -0.359 e. The van der Waals surface area contributed by atoms with Crippen LogP contribution >= 0.6 is 11.3 Å². The smallest absolute Gasteiger partial charge is 0.250 e. The van der Waals surface area contributed by atoms with Crippen LogP contribution in [-0.2, 0) is 18.3 Å². The number of rotatable bonds is 9. The summed E-state index contributed by atoms with van der Waals surface area (Å²) in [7, 11) is 1.69. The molecule has 6 nitrogen and oxygen atoms in total. The third-order valence-electron chi connectivity index (χ3n) is 4.97. The van der Waals surface area contributed by atoms with E-state index in [0.717, 1.165) is 33.7 Å². The molecule has 31 heavy (non-hydrogen) atoms. The normalized spacial score (nSPS) is 11.7. The van der Waals surface area contributed by atoms with Crippen molar-refractivity contribution < 1.29 is 9.18 Å². The Hall–Kier alpha value is -3.28. The number of nitrogens with two attached hydrogens (primary N) is 1. The number of aryl methyl sites for hydroxylation is 1. The van der Waals surface area contributed by atoms with Gasteiger partial charge < -0.3 is 15.6 Å². The SMILES string of the molecule is Cn1cc(-c2sc(CC(N)CCCNC=O)cc2-c2ccc(C#N)c(F)c2)ccc1=O. The number of nitrogens with one attached hydrogen (secondary N) is 1. The number of carbonyl (C=O) groups excluding carboxylic acids is 1. The first-order valence-corrected chi connectivity index (χ1v) is 10.7. The molecule has 0 aliphatic heterocycles. The van der Waals surface area contributed by atoms with Crippen LogP contribution < -0.4 is 16.6 Å². The number of carbonyl (C=O) groups is 1. The molecule has 3 aromatic rings. The van der Waals surface area contributed by atoms with Crippen LogP contribution in [0.25, 0.3) is 21.6 Å². The Morgan fingerprint density at radius 1 is 1.29 bits per heavy atom. The number of thiophene rings is 1. The van der Waals surface area contributed by atoms with Crippen molar-refractivity contribution in [3.05, 3.63) is 69.2 Å². The first-order valence-electron chi connectivity index (χ1n) is 9.85. The van der Waals surface area contributed by atoms with Crippen molar-refractivity contribution in [2.45, 2.75) is 25.3 Å². The number of nitriles is 1. The van der Waals surface area contributed by atoms with E-state index in [4.69, 9.17) is 11.0 Å². The molecular formula is C23H23FN4O2S. The summed E-state index contributed by atoms with van der Waals surface area (Å²) >= 11 is 1.56. The first kappa shape index (κ1) is 22.4. The average Bonchev–Trinajstić information content (AvgIpc) is 3.16. The topological polar surface area (TPSA) is 101 Å². The Kier molecular flexibility index (Phi) is 7.34. The Balaban J connectivity index is 1.96. The zero-order valence-electron chi connectivity index (χ0n) is 17.1. The van der Waals surface area contributed by atoms with Crippen LogP contribution in [-0.4, -0.2) is 23.6 Å². The highest BCUT2D eigenvalue weighted by molar-refractivity contribution is 7.16. The van der Waals surface area contributed by atoms with Crippen molar-refractivity contribution >= 4 is 17.7 Å². The molecule has 8 heteroatoms. The molecule has 160 valence electrons. The lowest BCUT2D eigenvalue weighted by molar-refractivity contribution is -0.109. The Bertz CT molecular complexity index is 1180. The van der Waals surface area contributed by atoms with Gasteiger partial charge in [-0.2, -0.15) is 5.26 Å². The number of halogens is 1. The van der Waals surface area contributed by atoms with Crippen LogP contribution in [0.1, 0.15) is 23.3 Å². The van der Waals surface area contributed by atoms with Crippen molar-refractivity contribution in [2.24, 2.45) is 12.8 Å². The summed E-state index contributed by atoms with van der Waals surface area (Å²) in [6.45, 7) is 0.584. The zero-order chi connectivity index (χ0) is 22.4. The minimum absolute atomic E-state index is 0.00573. The zero-order valence-corrected chi connectivity index (χ0v) is 17.9. The van der Waals surface area contributed by atoms with E-state index in [-0.39, 0.29) is 17.2 Å². The number of hydrogen-bond acceptors (Lipinski definition) is 5. The predicted octanol–water partition coefficient (Wildman–Crippen LogP) is 3.19. The molecule has 1 amide bonds. The molecule has 0 bridgehead atoms. The van der Waals surface area contributed by atoms with E-state index < -0.39 is 5.82 Å². The van der Waals surface area contributed by atoms with Crippen LogP contribution in [0, 0.1) is 17.1 Å². The quantitative estimate of drug-likeness (QED) is 0.396. The van der Waals surface area contributed by atoms with Gasteiger partial charge in [0.25, 0.3) is 0 Å². The molecule has 2 aromatic heterocycles. The molecule has 0 saturated carbocycles. The molecule has 3 N–H and O–H groups in total. The van der Waals surface area contributed by atoms with Gasteiger partial charge in [0, 0.05) is 52.8 Å². The van der Waals surface area contributed by atoms with Crippen molar-refractivity contribution in [1.82, 2.24) is 9.88 Å². The third-order valence-corrected chi connectivity index (χ3v) is 6.18. The van der Waals surface area contributed by atoms with Crippen LogP contribution in [0.5, 0.6) is 0 Å². The van der Waals surface area contributed by atoms with E-state index in [2.05, 4.69) is 5.32 Å². The highest BCUT2D eigenvalue weighted by Gasteiger charge is 2.17. The summed E-state index contributed by atoms with van der Waals surface area (Å²) in [4.78, 5) is 24.1. The van der Waals surface area contributed by atoms with Crippen molar-refractivity contribution in [1.29, 1.82) is 5.26 Å². The maximum absolute atomic E-state index is 14.3. The van der Waals surface area contributed by atoms with Crippen molar-refractivity contribution in [3.8, 4) is 27.6 Å². The molecule has 0 aliphatic carbocycles. The highest BCUT2D eigenvalue weighted by Crippen LogP contribution is 2.40. The van der Waals surface area contributed by atoms with Gasteiger partial charge in [0.1, 0.15) is 11.9 Å². The standard InChI is InChI=1S/C23H23FN4O2S/c1-28-13-17(6-7-22(28)30)23-20(15-4-5-16(12-25)21(24)9-15)11-19(31-23)10-18(26)3-2-8-27-14-29/h4-7,9,11,13-14,18H,2-3,8,10,26H2,1H3,(H,27,29). The fraction of sp³-hybridized carbons (Fsp3) is 0.261. The number of amides is 1. The molecule has 0 saturated heterocycles. The highest BCUT2D eigenvalue weighted by atomic mass is 32.1. The molecule has 1 aromatic carbocycles. The molecule has 3 rings (SSSR count). The summed E-state index contributed by atoms with van der Waals surface area (Å²) in [6.07, 6.45) is 4.62. The largest absolute Gasteiger partial charge is 0.359 e. The fourth-order valence-electron chi connectivity index (χ4n) is 3.36. The van der Waals surface area contributed by atoms with E-state index in [9.17, 15) is 14.0 Å². The number of aromatic nitrogens is 1. The maximum atomic E-state index is 14.3. The summed E-state index contributed by atoms with van der Waals surface area (Å²) in [5.74, 6) is -0.571. The molecular weight excluding hydrogens is 415 g/mol. The van der Waals surface area contributed by atoms with Gasteiger partial charge in [0.2, 0.25) is 12.0 Å². The molecule has 1 unspecified atom stereocenters. The molecule has 0 radical (unpaired) electrons. The Labute approximate surface area is 183 Å². The second kappa shape index (κ2) is 10.2. The number of hydrogen-bond donors (Lipinski definition) is 2. The molecule has 0 fully saturated rings. The molecule has 1 atom stereocenters. The summed E-state index contributed by atoms with van der Waals surface area (Å²) in [5.41, 5.74) is 8.50. The van der Waals surface area contributed by atoms with Crippen molar-refractivity contribution in [3.63, 3.8) is 0 Å². The van der Waals surface area contributed by atoms with Gasteiger partial charge in [-0.25, -0.2) is 4.39 Å². The van der Waals surface area contributed by atoms with Gasteiger partial charge in [-0.15, -0.1) is 11.3 Å². The fourth-order valence-corrected chi connectivity index (χ4v) is 4.62. The van der Waals surface area contributed by atoms with E-state index >= 15 is 0 Å². The second-order valence-electron chi connectivity index (χ2n) is 7.31. The van der Waals surface area contributed by atoms with Crippen LogP contribution in [0.4, 0.5) is 4.39 Å². The lowest BCUT2D eigenvalue weighted by atomic mass is 10.0. The van der Waals surface area contributed by atoms with Crippen molar-refractivity contribution in [2.75, 3.05) is 6.54 Å². The van der Waals surface area contributed by atoms with E-state index in [0.29, 0.717) is 24.9 Å². The first-order chi connectivity index (χ1) is 14.9. The van der Waals surface area contributed by atoms with Crippen LogP contribution in [0.15, 0.2) is 47.4 Å². The van der Waals surface area contributed by atoms with Gasteiger partial charge in [-0.05, 0) is 49.1 Å². The molecule has 0 spiro atoms. The Morgan fingerprint density at radius 3 is 2.74 bits per heavy atom. The van der Waals surface area contributed by atoms with Crippen LogP contribution in [0.2, 0.25) is 0 Å². The lowest BCUT2D eigenvalue weighted by Gasteiger charge is -2.09. The predicted molar refractivity (Wildman–Crippen MR) is 120 cm³/mol. The van der Waals surface area contributed by atoms with Gasteiger partial charge in [-0.3, -0.25) is 9.59 Å². The number of nitrogens with zero attached hydrogens (tertiary/aromatic N) is 2. The van der Waals surface area contributed by atoms with E-state index in [1.165, 1.54) is 22.8 Å². The number of benzene rings is 1. The van der Waals surface area contributed by atoms with Gasteiger partial charge in [0.05, 0.1) is 5.56 Å². The van der Waals surface area contributed by atoms with E-state index in [1.807, 2.05) is 12.1 Å². The van der Waals surface area contributed by atoms with E-state index in [1.54, 1.807) is 36.7 Å². The summed E-state index contributed by atoms with van der Waals surface area (Å²) in [6, 6.07) is 11.6. The Morgan fingerprint density at radius 2 is 2.06 bits per heavy atom. The lowest BCUT2D eigenvalue weighted by Crippen LogP contribution is -2.24. The minimum atomic E-state index is -0.571. The molecule has 2 heterocycles. The second-order valence-corrected chi connectivity index (χ2v) is 8.44. The maximum Gasteiger partial charge on any atom is 0.250 e. The summed E-state index contributed by atoms with van der Waals surface area (Å²) in [5, 5.41) is 11.6. The van der Waals surface area contributed by atoms with Gasteiger partial charge in [-0.1, -0.05) is 6.07 Å². The van der Waals surface area contributed by atoms with Gasteiger partial charge >= 0.3 is 0 Å². The monoisotopic (exact) mass is 438 g/mol. The third kappa shape index (κ3) is 5.45. The number of pyridine rings is 1.